The third kappa shape index (κ3) is 3.00. The average Bonchev–Trinajstić information content (AvgIpc) is 3.44. The predicted octanol–water partition coefficient (Wildman–Crippen LogP) is 3.52. The first-order chi connectivity index (χ1) is 14.1. The number of H-pyrrole nitrogens is 2. The summed E-state index contributed by atoms with van der Waals surface area (Å²) in [6, 6.07) is 9.38. The van der Waals surface area contributed by atoms with Gasteiger partial charge in [0, 0.05) is 22.5 Å². The normalized spacial score (nSPS) is 11.3. The molecule has 0 unspecified atom stereocenters. The van der Waals surface area contributed by atoms with E-state index in [1.165, 1.54) is 0 Å². The van der Waals surface area contributed by atoms with Gasteiger partial charge >= 0.3 is 0 Å². The molecule has 0 atom stereocenters. The number of hydrogen-bond donors (Lipinski definition) is 4. The summed E-state index contributed by atoms with van der Waals surface area (Å²) in [7, 11) is 0. The first-order valence-electron chi connectivity index (χ1n) is 9.12. The van der Waals surface area contributed by atoms with Crippen LogP contribution in [0.15, 0.2) is 53.3 Å². The molecule has 5 N–H and O–H groups in total. The van der Waals surface area contributed by atoms with E-state index in [4.69, 9.17) is 10.2 Å². The van der Waals surface area contributed by atoms with Crippen molar-refractivity contribution in [3.05, 3.63) is 66.0 Å². The molecule has 0 saturated heterocycles. The Kier molecular flexibility index (Phi) is 3.83. The highest BCUT2D eigenvalue weighted by atomic mass is 16.3. The van der Waals surface area contributed by atoms with Crippen LogP contribution in [0.5, 0.6) is 0 Å². The molecule has 0 aliphatic heterocycles. The first-order valence-corrected chi connectivity index (χ1v) is 9.12. The minimum atomic E-state index is -0.212. The molecule has 144 valence electrons. The zero-order chi connectivity index (χ0) is 20.0. The van der Waals surface area contributed by atoms with Crippen LogP contribution in [0.25, 0.3) is 32.9 Å². The van der Waals surface area contributed by atoms with Crippen molar-refractivity contribution in [3.8, 4) is 11.1 Å². The van der Waals surface area contributed by atoms with Crippen LogP contribution in [0.1, 0.15) is 21.9 Å². The van der Waals surface area contributed by atoms with Gasteiger partial charge in [-0.15, -0.1) is 0 Å². The van der Waals surface area contributed by atoms with Crippen LogP contribution in [-0.4, -0.2) is 26.1 Å². The number of nitrogens with one attached hydrogen (secondary N) is 3. The smallest absolute Gasteiger partial charge is 0.253 e. The van der Waals surface area contributed by atoms with E-state index in [9.17, 15) is 4.79 Å². The Morgan fingerprint density at radius 2 is 2.14 bits per heavy atom. The van der Waals surface area contributed by atoms with Gasteiger partial charge in [0.15, 0.2) is 0 Å². The maximum Gasteiger partial charge on any atom is 0.253 e. The van der Waals surface area contributed by atoms with E-state index < -0.39 is 0 Å². The van der Waals surface area contributed by atoms with E-state index in [1.54, 1.807) is 12.4 Å². The fourth-order valence-electron chi connectivity index (χ4n) is 3.51. The minimum Gasteiger partial charge on any atom is -0.465 e. The summed E-state index contributed by atoms with van der Waals surface area (Å²) in [4.78, 5) is 20.3. The maximum absolute atomic E-state index is 12.9. The van der Waals surface area contributed by atoms with E-state index in [0.29, 0.717) is 29.2 Å². The number of aromatic nitrogens is 4. The Balaban J connectivity index is 1.56. The number of fused-ring (bicyclic) bond motifs is 2. The van der Waals surface area contributed by atoms with Gasteiger partial charge in [0.1, 0.15) is 17.3 Å². The van der Waals surface area contributed by atoms with Crippen molar-refractivity contribution in [3.63, 3.8) is 0 Å². The second kappa shape index (κ2) is 6.52. The molecule has 5 rings (SSSR count). The quantitative estimate of drug-likeness (QED) is 0.376. The Morgan fingerprint density at radius 3 is 2.97 bits per heavy atom. The van der Waals surface area contributed by atoms with Gasteiger partial charge < -0.3 is 20.5 Å². The number of carbonyl (C=O) groups is 1. The molecule has 5 aromatic rings. The van der Waals surface area contributed by atoms with Crippen molar-refractivity contribution in [1.82, 2.24) is 25.5 Å². The molecule has 1 aromatic carbocycles. The van der Waals surface area contributed by atoms with E-state index in [1.807, 2.05) is 43.5 Å². The fraction of sp³-hybridized carbons (Fsp3) is 0.0952. The van der Waals surface area contributed by atoms with Crippen LogP contribution in [0.4, 0.5) is 5.82 Å². The van der Waals surface area contributed by atoms with Gasteiger partial charge in [0.2, 0.25) is 0 Å². The first kappa shape index (κ1) is 17.1. The van der Waals surface area contributed by atoms with Gasteiger partial charge in [-0.3, -0.25) is 9.89 Å². The summed E-state index contributed by atoms with van der Waals surface area (Å²) in [6.45, 7) is 2.17. The summed E-state index contributed by atoms with van der Waals surface area (Å²) in [5.74, 6) is 1.73. The van der Waals surface area contributed by atoms with Crippen LogP contribution >= 0.6 is 0 Å². The lowest BCUT2D eigenvalue weighted by molar-refractivity contribution is 0.0949. The lowest BCUT2D eigenvalue weighted by Gasteiger charge is -2.08. The second-order valence-electron chi connectivity index (χ2n) is 6.91. The molecule has 0 saturated carbocycles. The van der Waals surface area contributed by atoms with Gasteiger partial charge in [-0.05, 0) is 42.8 Å². The maximum atomic E-state index is 12.9. The lowest BCUT2D eigenvalue weighted by Crippen LogP contribution is -2.23. The van der Waals surface area contributed by atoms with E-state index >= 15 is 0 Å². The van der Waals surface area contributed by atoms with Gasteiger partial charge in [-0.1, -0.05) is 0 Å². The molecule has 0 radical (unpaired) electrons. The summed E-state index contributed by atoms with van der Waals surface area (Å²) in [6.07, 6.45) is 5.29. The van der Waals surface area contributed by atoms with Gasteiger partial charge in [-0.25, -0.2) is 4.98 Å². The lowest BCUT2D eigenvalue weighted by atomic mass is 10.00. The molecule has 29 heavy (non-hydrogen) atoms. The number of hydrogen-bond acceptors (Lipinski definition) is 5. The molecule has 1 amide bonds. The molecule has 4 heterocycles. The molecule has 0 fully saturated rings. The van der Waals surface area contributed by atoms with Crippen LogP contribution in [-0.2, 0) is 6.54 Å². The van der Waals surface area contributed by atoms with E-state index in [0.717, 1.165) is 33.2 Å². The van der Waals surface area contributed by atoms with Gasteiger partial charge in [-0.2, -0.15) is 5.10 Å². The number of benzene rings is 1. The zero-order valence-corrected chi connectivity index (χ0v) is 15.6. The minimum absolute atomic E-state index is 0.212. The highest BCUT2D eigenvalue weighted by Crippen LogP contribution is 2.32. The van der Waals surface area contributed by atoms with Crippen molar-refractivity contribution in [1.29, 1.82) is 0 Å². The van der Waals surface area contributed by atoms with E-state index in [2.05, 4.69) is 25.5 Å². The number of aryl methyl sites for hydroxylation is 1. The molecule has 4 aromatic heterocycles. The standard InChI is InChI=1S/C21H18N6O2/c1-11-2-3-14(29-11)8-25-21(28)16-5-12(4-13-7-26-27-20(13)16)17-9-23-18-10-24-19(22)6-15(17)18/h2-7,9-10,23H,8H2,1H3,(H2,22,24)(H,25,28)(H,26,27). The van der Waals surface area contributed by atoms with Crippen LogP contribution in [0.3, 0.4) is 0 Å². The van der Waals surface area contributed by atoms with Crippen LogP contribution in [0, 0.1) is 6.92 Å². The zero-order valence-electron chi connectivity index (χ0n) is 15.6. The fourth-order valence-corrected chi connectivity index (χ4v) is 3.51. The van der Waals surface area contributed by atoms with Gasteiger partial charge in [0.25, 0.3) is 5.91 Å². The number of furan rings is 1. The van der Waals surface area contributed by atoms with Crippen molar-refractivity contribution in [2.24, 2.45) is 0 Å². The Hall–Kier alpha value is -4.07. The Labute approximate surface area is 165 Å². The van der Waals surface area contributed by atoms with Crippen LogP contribution < -0.4 is 11.1 Å². The number of aromatic amines is 2. The average molecular weight is 386 g/mol. The third-order valence-electron chi connectivity index (χ3n) is 4.91. The summed E-state index contributed by atoms with van der Waals surface area (Å²) >= 11 is 0. The number of nitrogens with two attached hydrogens (primary N) is 1. The molecule has 0 aliphatic rings. The number of amides is 1. The van der Waals surface area contributed by atoms with Crippen molar-refractivity contribution < 1.29 is 9.21 Å². The molecule has 0 aliphatic carbocycles. The number of pyridine rings is 1. The van der Waals surface area contributed by atoms with Crippen LogP contribution in [0.2, 0.25) is 0 Å². The summed E-state index contributed by atoms with van der Waals surface area (Å²) in [5.41, 5.74) is 9.76. The molecule has 8 nitrogen and oxygen atoms in total. The highest BCUT2D eigenvalue weighted by molar-refractivity contribution is 6.08. The van der Waals surface area contributed by atoms with Gasteiger partial charge in [0.05, 0.1) is 35.5 Å². The SMILES string of the molecule is Cc1ccc(CNC(=O)c2cc(-c3c[nH]c4cnc(N)cc34)cc3cn[nH]c23)o1. The van der Waals surface area contributed by atoms with Crippen molar-refractivity contribution in [2.45, 2.75) is 13.5 Å². The molecule has 0 bridgehead atoms. The summed E-state index contributed by atoms with van der Waals surface area (Å²) < 4.78 is 5.53. The highest BCUT2D eigenvalue weighted by Gasteiger charge is 2.16. The molecular formula is C21H18N6O2. The second-order valence-corrected chi connectivity index (χ2v) is 6.91. The Bertz CT molecular complexity index is 1360. The van der Waals surface area contributed by atoms with E-state index in [-0.39, 0.29) is 5.91 Å². The molecular weight excluding hydrogens is 368 g/mol. The largest absolute Gasteiger partial charge is 0.465 e. The monoisotopic (exact) mass is 386 g/mol. The molecule has 0 spiro atoms. The number of rotatable bonds is 4. The van der Waals surface area contributed by atoms with Crippen molar-refractivity contribution in [2.75, 3.05) is 5.73 Å². The number of carbonyl (C=O) groups excluding carboxylic acids is 1. The number of nitrogen functional groups attached to an aromatic ring is 1. The predicted molar refractivity (Wildman–Crippen MR) is 110 cm³/mol. The topological polar surface area (TPSA) is 126 Å². The molecule has 8 heteroatoms. The van der Waals surface area contributed by atoms with Crippen molar-refractivity contribution >= 4 is 33.5 Å². The summed E-state index contributed by atoms with van der Waals surface area (Å²) in [5, 5.41) is 11.7. The Morgan fingerprint density at radius 1 is 1.24 bits per heavy atom. The third-order valence-corrected chi connectivity index (χ3v) is 4.91. The number of nitrogens with zero attached hydrogens (tertiary/aromatic N) is 2. The number of anilines is 1.